The van der Waals surface area contributed by atoms with Crippen LogP contribution in [0.25, 0.3) is 0 Å². The first-order valence-corrected chi connectivity index (χ1v) is 12.3. The molecule has 0 heterocycles. The maximum atomic E-state index is 13.3. The van der Waals surface area contributed by atoms with Gasteiger partial charge in [-0.2, -0.15) is 8.42 Å². The van der Waals surface area contributed by atoms with Gasteiger partial charge in [0.1, 0.15) is 16.5 Å². The van der Waals surface area contributed by atoms with Gasteiger partial charge in [-0.3, -0.25) is 4.79 Å². The lowest BCUT2D eigenvalue weighted by Gasteiger charge is -2.30. The van der Waals surface area contributed by atoms with Crippen LogP contribution in [0.3, 0.4) is 0 Å². The largest absolute Gasteiger partial charge is 0.379 e. The van der Waals surface area contributed by atoms with Crippen LogP contribution in [-0.2, 0) is 16.7 Å². The Kier molecular flexibility index (Phi) is 8.00. The first kappa shape index (κ1) is 25.0. The molecule has 0 aliphatic heterocycles. The second-order valence-corrected chi connectivity index (χ2v) is 9.80. The monoisotopic (exact) mass is 509 g/mol. The standard InChI is InChI=1S/C24H22Cl2FNO4S/c1-3-16(2)28(24(29)21-6-4-5-7-22(21)26)15-17-14-18(25)8-13-23(17)32-33(30,31)20-11-9-19(27)10-12-20/h4-14,16H,3,15H2,1-2H3/t16-/m0/s1. The normalized spacial score (nSPS) is 12.3. The van der Waals surface area contributed by atoms with E-state index in [0.717, 1.165) is 24.3 Å². The zero-order valence-electron chi connectivity index (χ0n) is 18.0. The van der Waals surface area contributed by atoms with Gasteiger partial charge in [0, 0.05) is 16.6 Å². The number of halogens is 3. The summed E-state index contributed by atoms with van der Waals surface area (Å²) < 4.78 is 44.1. The minimum atomic E-state index is -4.24. The van der Waals surface area contributed by atoms with E-state index in [2.05, 4.69) is 0 Å². The van der Waals surface area contributed by atoms with Crippen molar-refractivity contribution in [3.8, 4) is 5.75 Å². The predicted molar refractivity (Wildman–Crippen MR) is 127 cm³/mol. The number of carbonyl (C=O) groups is 1. The molecule has 0 aromatic heterocycles. The average Bonchev–Trinajstić information content (AvgIpc) is 2.78. The van der Waals surface area contributed by atoms with Crippen molar-refractivity contribution in [3.05, 3.63) is 93.7 Å². The number of rotatable bonds is 8. The molecule has 3 aromatic rings. The summed E-state index contributed by atoms with van der Waals surface area (Å²) >= 11 is 12.4. The van der Waals surface area contributed by atoms with Gasteiger partial charge in [-0.05, 0) is 67.9 Å². The molecular weight excluding hydrogens is 488 g/mol. The third-order valence-electron chi connectivity index (χ3n) is 5.15. The Labute approximate surface area is 202 Å². The molecule has 5 nitrogen and oxygen atoms in total. The summed E-state index contributed by atoms with van der Waals surface area (Å²) in [4.78, 5) is 14.7. The summed E-state index contributed by atoms with van der Waals surface area (Å²) in [5.74, 6) is -0.852. The molecule has 3 aromatic carbocycles. The smallest absolute Gasteiger partial charge is 0.339 e. The summed E-state index contributed by atoms with van der Waals surface area (Å²) in [5.41, 5.74) is 0.733. The lowest BCUT2D eigenvalue weighted by Crippen LogP contribution is -2.38. The summed E-state index contributed by atoms with van der Waals surface area (Å²) in [7, 11) is -4.24. The van der Waals surface area contributed by atoms with Gasteiger partial charge in [0.15, 0.2) is 0 Å². The molecule has 0 radical (unpaired) electrons. The number of hydrogen-bond acceptors (Lipinski definition) is 4. The highest BCUT2D eigenvalue weighted by atomic mass is 35.5. The van der Waals surface area contributed by atoms with E-state index >= 15 is 0 Å². The zero-order chi connectivity index (χ0) is 24.2. The molecule has 0 aliphatic rings. The molecule has 0 spiro atoms. The fourth-order valence-electron chi connectivity index (χ4n) is 3.14. The Morgan fingerprint density at radius 3 is 2.36 bits per heavy atom. The summed E-state index contributed by atoms with van der Waals surface area (Å²) in [6.07, 6.45) is 0.654. The molecule has 33 heavy (non-hydrogen) atoms. The number of carbonyl (C=O) groups excluding carboxylic acids is 1. The Balaban J connectivity index is 1.97. The number of benzene rings is 3. The van der Waals surface area contributed by atoms with Crippen LogP contribution >= 0.6 is 23.2 Å². The molecule has 0 unspecified atom stereocenters. The lowest BCUT2D eigenvalue weighted by molar-refractivity contribution is 0.0671. The Morgan fingerprint density at radius 1 is 1.06 bits per heavy atom. The molecule has 174 valence electrons. The van der Waals surface area contributed by atoms with E-state index in [1.165, 1.54) is 12.1 Å². The second kappa shape index (κ2) is 10.5. The number of amides is 1. The second-order valence-electron chi connectivity index (χ2n) is 7.41. The third kappa shape index (κ3) is 6.05. The molecule has 9 heteroatoms. The van der Waals surface area contributed by atoms with E-state index in [-0.39, 0.29) is 29.1 Å². The van der Waals surface area contributed by atoms with Crippen LogP contribution in [0.2, 0.25) is 10.0 Å². The molecule has 0 aliphatic carbocycles. The van der Waals surface area contributed by atoms with Gasteiger partial charge in [-0.25, -0.2) is 4.39 Å². The van der Waals surface area contributed by atoms with Gasteiger partial charge in [-0.1, -0.05) is 42.3 Å². The molecule has 0 fully saturated rings. The van der Waals surface area contributed by atoms with E-state index in [9.17, 15) is 17.6 Å². The lowest BCUT2D eigenvalue weighted by atomic mass is 10.1. The van der Waals surface area contributed by atoms with Crippen LogP contribution in [0.4, 0.5) is 4.39 Å². The van der Waals surface area contributed by atoms with Crippen LogP contribution in [0.5, 0.6) is 5.75 Å². The highest BCUT2D eigenvalue weighted by Crippen LogP contribution is 2.29. The molecule has 1 amide bonds. The van der Waals surface area contributed by atoms with Gasteiger partial charge in [-0.15, -0.1) is 0 Å². The van der Waals surface area contributed by atoms with E-state index in [1.807, 2.05) is 13.8 Å². The predicted octanol–water partition coefficient (Wildman–Crippen LogP) is 6.34. The fourth-order valence-corrected chi connectivity index (χ4v) is 4.52. The minimum Gasteiger partial charge on any atom is -0.379 e. The molecule has 0 saturated carbocycles. The first-order valence-electron chi connectivity index (χ1n) is 10.2. The quantitative estimate of drug-likeness (QED) is 0.332. The maximum Gasteiger partial charge on any atom is 0.339 e. The number of nitrogens with zero attached hydrogens (tertiary/aromatic N) is 1. The topological polar surface area (TPSA) is 63.7 Å². The zero-order valence-corrected chi connectivity index (χ0v) is 20.3. The van der Waals surface area contributed by atoms with Crippen LogP contribution in [-0.4, -0.2) is 25.3 Å². The summed E-state index contributed by atoms with van der Waals surface area (Å²) in [6, 6.07) is 15.3. The molecule has 3 rings (SSSR count). The SMILES string of the molecule is CC[C@H](C)N(Cc1cc(Cl)ccc1OS(=O)(=O)c1ccc(F)cc1)C(=O)c1ccccc1Cl. The van der Waals surface area contributed by atoms with E-state index in [1.54, 1.807) is 35.2 Å². The van der Waals surface area contributed by atoms with Gasteiger partial charge in [0.25, 0.3) is 5.91 Å². The first-order chi connectivity index (χ1) is 15.6. The molecular formula is C24H22Cl2FNO4S. The van der Waals surface area contributed by atoms with Crippen molar-refractivity contribution < 1.29 is 21.8 Å². The highest BCUT2D eigenvalue weighted by Gasteiger charge is 2.25. The van der Waals surface area contributed by atoms with E-state index in [4.69, 9.17) is 27.4 Å². The van der Waals surface area contributed by atoms with Crippen molar-refractivity contribution in [1.82, 2.24) is 4.90 Å². The van der Waals surface area contributed by atoms with Crippen LogP contribution in [0.1, 0.15) is 36.2 Å². The Hall–Kier alpha value is -2.61. The summed E-state index contributed by atoms with van der Waals surface area (Å²) in [6.45, 7) is 3.86. The molecule has 0 N–H and O–H groups in total. The third-order valence-corrected chi connectivity index (χ3v) is 6.97. The summed E-state index contributed by atoms with van der Waals surface area (Å²) in [5, 5.41) is 0.670. The van der Waals surface area contributed by atoms with Crippen LogP contribution in [0.15, 0.2) is 71.6 Å². The Bertz CT molecular complexity index is 1250. The maximum absolute atomic E-state index is 13.3. The molecule has 0 saturated heterocycles. The molecule has 1 atom stereocenters. The van der Waals surface area contributed by atoms with E-state index in [0.29, 0.717) is 27.6 Å². The van der Waals surface area contributed by atoms with Gasteiger partial charge >= 0.3 is 10.1 Å². The van der Waals surface area contributed by atoms with Gasteiger partial charge in [0.05, 0.1) is 17.1 Å². The van der Waals surface area contributed by atoms with Crippen molar-refractivity contribution in [2.45, 2.75) is 37.8 Å². The van der Waals surface area contributed by atoms with E-state index < -0.39 is 15.9 Å². The van der Waals surface area contributed by atoms with Crippen molar-refractivity contribution in [2.75, 3.05) is 0 Å². The minimum absolute atomic E-state index is 0.0176. The van der Waals surface area contributed by atoms with Crippen molar-refractivity contribution in [1.29, 1.82) is 0 Å². The average molecular weight is 510 g/mol. The van der Waals surface area contributed by atoms with Crippen molar-refractivity contribution in [2.24, 2.45) is 0 Å². The molecule has 0 bridgehead atoms. The van der Waals surface area contributed by atoms with Crippen molar-refractivity contribution in [3.63, 3.8) is 0 Å². The van der Waals surface area contributed by atoms with Crippen LogP contribution < -0.4 is 4.18 Å². The van der Waals surface area contributed by atoms with Crippen molar-refractivity contribution >= 4 is 39.2 Å². The van der Waals surface area contributed by atoms with Gasteiger partial charge < -0.3 is 9.08 Å². The van der Waals surface area contributed by atoms with Gasteiger partial charge in [0.2, 0.25) is 0 Å². The highest BCUT2D eigenvalue weighted by molar-refractivity contribution is 7.87. The number of hydrogen-bond donors (Lipinski definition) is 0. The fraction of sp³-hybridized carbons (Fsp3) is 0.208. The Morgan fingerprint density at radius 2 is 1.73 bits per heavy atom. The van der Waals surface area contributed by atoms with Crippen LogP contribution in [0, 0.1) is 5.82 Å².